The van der Waals surface area contributed by atoms with Gasteiger partial charge in [-0.05, 0) is 42.9 Å². The molecule has 4 rings (SSSR count). The molecule has 0 N–H and O–H groups in total. The molecule has 178 valence electrons. The molecule has 1 aliphatic rings. The van der Waals surface area contributed by atoms with Gasteiger partial charge in [0.2, 0.25) is 0 Å². The second-order valence-corrected chi connectivity index (χ2v) is 11.3. The average molecular weight is 499 g/mol. The van der Waals surface area contributed by atoms with Crippen LogP contribution in [-0.2, 0) is 22.6 Å². The van der Waals surface area contributed by atoms with Crippen LogP contribution in [0.15, 0.2) is 47.4 Å². The van der Waals surface area contributed by atoms with Gasteiger partial charge in [0.25, 0.3) is 0 Å². The van der Waals surface area contributed by atoms with Crippen LogP contribution in [0, 0.1) is 0 Å². The van der Waals surface area contributed by atoms with Gasteiger partial charge < -0.3 is 4.90 Å². The number of halogens is 3. The summed E-state index contributed by atoms with van der Waals surface area (Å²) in [6.45, 7) is 4.58. The lowest BCUT2D eigenvalue weighted by molar-refractivity contribution is -0.141. The van der Waals surface area contributed by atoms with Gasteiger partial charge in [0.1, 0.15) is 0 Å². The van der Waals surface area contributed by atoms with E-state index in [2.05, 4.69) is 21.9 Å². The number of hydrogen-bond acceptors (Lipinski definition) is 6. The monoisotopic (exact) mass is 498 g/mol. The summed E-state index contributed by atoms with van der Waals surface area (Å²) in [5.41, 5.74) is 0.200. The molecule has 0 aliphatic carbocycles. The van der Waals surface area contributed by atoms with Crippen molar-refractivity contribution in [1.29, 1.82) is 0 Å². The van der Waals surface area contributed by atoms with E-state index in [-0.39, 0.29) is 4.90 Å². The van der Waals surface area contributed by atoms with Gasteiger partial charge in [0.05, 0.1) is 22.0 Å². The number of alkyl halides is 3. The van der Waals surface area contributed by atoms with Crippen LogP contribution >= 0.6 is 11.3 Å². The molecule has 0 atom stereocenters. The minimum absolute atomic E-state index is 0.200. The first-order chi connectivity index (χ1) is 15.5. The fourth-order valence-corrected chi connectivity index (χ4v) is 5.43. The van der Waals surface area contributed by atoms with Crippen molar-refractivity contribution in [2.24, 2.45) is 0 Å². The molecule has 1 aliphatic heterocycles. The average Bonchev–Trinajstić information content (AvgIpc) is 3.40. The van der Waals surface area contributed by atoms with Crippen molar-refractivity contribution in [3.63, 3.8) is 0 Å². The van der Waals surface area contributed by atoms with Crippen LogP contribution in [0.5, 0.6) is 0 Å². The first kappa shape index (κ1) is 23.9. The predicted octanol–water partition coefficient (Wildman–Crippen LogP) is 3.95. The molecule has 11 heteroatoms. The summed E-state index contributed by atoms with van der Waals surface area (Å²) in [6.07, 6.45) is -3.39. The van der Waals surface area contributed by atoms with Gasteiger partial charge in [-0.3, -0.25) is 9.58 Å². The zero-order valence-electron chi connectivity index (χ0n) is 18.3. The SMILES string of the molecule is CN1CCN(CCn2nc(C(F)(F)F)cc2-c2ccc(-c3cccc(S(C)(=O)=O)c3)s2)CC1. The summed E-state index contributed by atoms with van der Waals surface area (Å²) in [5.74, 6) is 0. The third-order valence-corrected chi connectivity index (χ3v) is 7.97. The lowest BCUT2D eigenvalue weighted by Gasteiger charge is -2.32. The summed E-state index contributed by atoms with van der Waals surface area (Å²) in [6, 6.07) is 11.2. The Kier molecular flexibility index (Phi) is 6.68. The lowest BCUT2D eigenvalue weighted by Crippen LogP contribution is -2.45. The molecule has 0 radical (unpaired) electrons. The molecule has 6 nitrogen and oxygen atoms in total. The molecule has 3 heterocycles. The Morgan fingerprint density at radius 3 is 2.36 bits per heavy atom. The topological polar surface area (TPSA) is 58.4 Å². The summed E-state index contributed by atoms with van der Waals surface area (Å²) in [4.78, 5) is 6.08. The molecule has 3 aromatic rings. The Bertz CT molecular complexity index is 1230. The van der Waals surface area contributed by atoms with E-state index in [0.29, 0.717) is 29.2 Å². The summed E-state index contributed by atoms with van der Waals surface area (Å²) in [5, 5.41) is 3.87. The molecule has 0 unspecified atom stereocenters. The number of nitrogens with zero attached hydrogens (tertiary/aromatic N) is 4. The Morgan fingerprint density at radius 1 is 1.00 bits per heavy atom. The molecular formula is C22H25F3N4O2S2. The summed E-state index contributed by atoms with van der Waals surface area (Å²) >= 11 is 1.31. The smallest absolute Gasteiger partial charge is 0.304 e. The third-order valence-electron chi connectivity index (χ3n) is 5.70. The van der Waals surface area contributed by atoms with E-state index in [1.807, 2.05) is 0 Å². The normalized spacial score (nSPS) is 16.4. The molecule has 1 fully saturated rings. The van der Waals surface area contributed by atoms with E-state index < -0.39 is 21.7 Å². The highest BCUT2D eigenvalue weighted by atomic mass is 32.2. The van der Waals surface area contributed by atoms with E-state index in [0.717, 1.165) is 43.4 Å². The van der Waals surface area contributed by atoms with Crippen molar-refractivity contribution in [2.75, 3.05) is 46.0 Å². The Morgan fingerprint density at radius 2 is 1.70 bits per heavy atom. The van der Waals surface area contributed by atoms with Crippen molar-refractivity contribution in [3.05, 3.63) is 48.2 Å². The van der Waals surface area contributed by atoms with Crippen molar-refractivity contribution in [2.45, 2.75) is 17.6 Å². The van der Waals surface area contributed by atoms with Gasteiger partial charge in [-0.2, -0.15) is 18.3 Å². The highest BCUT2D eigenvalue weighted by Crippen LogP contribution is 2.38. The fraction of sp³-hybridized carbons (Fsp3) is 0.409. The molecule has 33 heavy (non-hydrogen) atoms. The van der Waals surface area contributed by atoms with Crippen LogP contribution in [0.25, 0.3) is 21.0 Å². The Balaban J connectivity index is 1.62. The highest BCUT2D eigenvalue weighted by molar-refractivity contribution is 7.90. The number of thiophene rings is 1. The number of rotatable bonds is 6. The van der Waals surface area contributed by atoms with Gasteiger partial charge in [-0.25, -0.2) is 8.42 Å². The number of aromatic nitrogens is 2. The zero-order valence-corrected chi connectivity index (χ0v) is 20.0. The van der Waals surface area contributed by atoms with E-state index in [9.17, 15) is 21.6 Å². The van der Waals surface area contributed by atoms with Gasteiger partial charge >= 0.3 is 6.18 Å². The van der Waals surface area contributed by atoms with Gasteiger partial charge in [-0.15, -0.1) is 11.3 Å². The number of hydrogen-bond donors (Lipinski definition) is 0. The van der Waals surface area contributed by atoms with Crippen molar-refractivity contribution < 1.29 is 21.6 Å². The molecule has 0 bridgehead atoms. The predicted molar refractivity (Wildman–Crippen MR) is 123 cm³/mol. The van der Waals surface area contributed by atoms with Crippen molar-refractivity contribution in [3.8, 4) is 21.0 Å². The van der Waals surface area contributed by atoms with E-state index >= 15 is 0 Å². The number of sulfone groups is 1. The van der Waals surface area contributed by atoms with Crippen LogP contribution < -0.4 is 0 Å². The maximum atomic E-state index is 13.4. The first-order valence-corrected chi connectivity index (χ1v) is 13.2. The maximum absolute atomic E-state index is 13.4. The van der Waals surface area contributed by atoms with Gasteiger partial charge in [0, 0.05) is 43.9 Å². The Hall–Kier alpha value is -2.21. The second kappa shape index (κ2) is 9.21. The summed E-state index contributed by atoms with van der Waals surface area (Å²) in [7, 11) is -1.31. The maximum Gasteiger partial charge on any atom is 0.435 e. The highest BCUT2D eigenvalue weighted by Gasteiger charge is 2.35. The van der Waals surface area contributed by atoms with Crippen LogP contribution in [0.3, 0.4) is 0 Å². The quantitative estimate of drug-likeness (QED) is 0.515. The number of benzene rings is 1. The fourth-order valence-electron chi connectivity index (χ4n) is 3.74. The molecule has 0 saturated carbocycles. The molecule has 1 aromatic carbocycles. The van der Waals surface area contributed by atoms with Gasteiger partial charge in [-0.1, -0.05) is 12.1 Å². The second-order valence-electron chi connectivity index (χ2n) is 8.24. The standard InChI is InChI=1S/C22H25F3N4O2S2/c1-27-8-10-28(11-9-27)12-13-29-18(15-21(26-29)22(23,24)25)20-7-6-19(32-20)16-4-3-5-17(14-16)33(2,30)31/h3-7,14-15H,8-13H2,1-2H3. The molecule has 0 spiro atoms. The van der Waals surface area contributed by atoms with E-state index in [4.69, 9.17) is 0 Å². The molecule has 2 aromatic heterocycles. The first-order valence-electron chi connectivity index (χ1n) is 10.5. The Labute approximate surface area is 195 Å². The van der Waals surface area contributed by atoms with Crippen molar-refractivity contribution >= 4 is 21.2 Å². The van der Waals surface area contributed by atoms with Crippen LogP contribution in [0.1, 0.15) is 5.69 Å². The lowest BCUT2D eigenvalue weighted by atomic mass is 10.2. The minimum atomic E-state index is -4.53. The minimum Gasteiger partial charge on any atom is -0.304 e. The van der Waals surface area contributed by atoms with Crippen LogP contribution in [-0.4, -0.2) is 74.0 Å². The molecular weight excluding hydrogens is 473 g/mol. The van der Waals surface area contributed by atoms with Crippen molar-refractivity contribution in [1.82, 2.24) is 19.6 Å². The van der Waals surface area contributed by atoms with Crippen LogP contribution in [0.2, 0.25) is 0 Å². The molecule has 1 saturated heterocycles. The number of likely N-dealkylation sites (N-methyl/N-ethyl adjacent to an activating group) is 1. The zero-order chi connectivity index (χ0) is 23.8. The largest absolute Gasteiger partial charge is 0.435 e. The summed E-state index contributed by atoms with van der Waals surface area (Å²) < 4.78 is 65.4. The number of piperazine rings is 1. The van der Waals surface area contributed by atoms with Crippen LogP contribution in [0.4, 0.5) is 13.2 Å². The van der Waals surface area contributed by atoms with E-state index in [1.54, 1.807) is 30.3 Å². The third kappa shape index (κ3) is 5.65. The van der Waals surface area contributed by atoms with E-state index in [1.165, 1.54) is 22.1 Å². The molecule has 0 amide bonds. The van der Waals surface area contributed by atoms with Gasteiger partial charge in [0.15, 0.2) is 15.5 Å².